The number of hydrogen-bond donors (Lipinski definition) is 2. The van der Waals surface area contributed by atoms with Crippen molar-refractivity contribution in [3.63, 3.8) is 0 Å². The van der Waals surface area contributed by atoms with Crippen molar-refractivity contribution in [1.29, 1.82) is 0 Å². The van der Waals surface area contributed by atoms with Crippen LogP contribution in [0.2, 0.25) is 15.2 Å². The maximum Gasteiger partial charge on any atom is 0.359 e. The number of nitrogen functional groups attached to an aromatic ring is 1. The van der Waals surface area contributed by atoms with Crippen LogP contribution in [0.1, 0.15) is 21.6 Å². The van der Waals surface area contributed by atoms with Gasteiger partial charge in [0, 0.05) is 5.69 Å². The Bertz CT molecular complexity index is 856. The van der Waals surface area contributed by atoms with E-state index in [0.717, 1.165) is 11.1 Å². The molecule has 6 nitrogen and oxygen atoms in total. The number of halogens is 3. The van der Waals surface area contributed by atoms with E-state index < -0.39 is 18.5 Å². The third-order valence-electron chi connectivity index (χ3n) is 3.39. The monoisotopic (exact) mass is 401 g/mol. The summed E-state index contributed by atoms with van der Waals surface area (Å²) in [5.41, 5.74) is 7.95. The lowest BCUT2D eigenvalue weighted by Crippen LogP contribution is -2.21. The van der Waals surface area contributed by atoms with Crippen LogP contribution in [0, 0.1) is 13.8 Å². The van der Waals surface area contributed by atoms with E-state index in [0.29, 0.717) is 5.69 Å². The maximum atomic E-state index is 12.0. The fourth-order valence-electron chi connectivity index (χ4n) is 1.88. The lowest BCUT2D eigenvalue weighted by Gasteiger charge is -2.10. The molecule has 0 atom stereocenters. The van der Waals surface area contributed by atoms with Crippen LogP contribution in [-0.4, -0.2) is 23.5 Å². The molecule has 2 aromatic rings. The van der Waals surface area contributed by atoms with Crippen molar-refractivity contribution in [1.82, 2.24) is 4.98 Å². The number of amides is 1. The summed E-state index contributed by atoms with van der Waals surface area (Å²) in [6.45, 7) is 3.36. The first kappa shape index (κ1) is 19.3. The van der Waals surface area contributed by atoms with E-state index in [1.807, 2.05) is 26.0 Å². The van der Waals surface area contributed by atoms with Crippen LogP contribution in [-0.2, 0) is 9.53 Å². The fourth-order valence-corrected chi connectivity index (χ4v) is 2.47. The number of nitrogens with two attached hydrogens (primary N) is 1. The van der Waals surface area contributed by atoms with Crippen LogP contribution in [0.15, 0.2) is 18.2 Å². The second kappa shape index (κ2) is 7.91. The van der Waals surface area contributed by atoms with Crippen molar-refractivity contribution in [3.05, 3.63) is 50.2 Å². The Balaban J connectivity index is 2.02. The number of anilines is 2. The summed E-state index contributed by atoms with van der Waals surface area (Å²) in [6.07, 6.45) is 0. The Morgan fingerprint density at radius 3 is 2.48 bits per heavy atom. The number of hydrogen-bond acceptors (Lipinski definition) is 5. The van der Waals surface area contributed by atoms with Crippen LogP contribution >= 0.6 is 34.8 Å². The molecule has 0 aliphatic rings. The molecule has 25 heavy (non-hydrogen) atoms. The van der Waals surface area contributed by atoms with Crippen molar-refractivity contribution in [2.45, 2.75) is 13.8 Å². The first-order valence-electron chi connectivity index (χ1n) is 7.05. The maximum absolute atomic E-state index is 12.0. The number of ether oxygens (including phenoxy) is 1. The van der Waals surface area contributed by atoms with Gasteiger partial charge in [-0.05, 0) is 37.1 Å². The lowest BCUT2D eigenvalue weighted by atomic mass is 10.1. The zero-order chi connectivity index (χ0) is 18.7. The van der Waals surface area contributed by atoms with Crippen LogP contribution < -0.4 is 11.1 Å². The van der Waals surface area contributed by atoms with E-state index in [9.17, 15) is 9.59 Å². The summed E-state index contributed by atoms with van der Waals surface area (Å²) < 4.78 is 4.89. The minimum Gasteiger partial charge on any atom is -0.451 e. The lowest BCUT2D eigenvalue weighted by molar-refractivity contribution is -0.119. The topological polar surface area (TPSA) is 94.3 Å². The van der Waals surface area contributed by atoms with Gasteiger partial charge in [-0.1, -0.05) is 40.9 Å². The summed E-state index contributed by atoms with van der Waals surface area (Å²) in [4.78, 5) is 27.7. The predicted octanol–water partition coefficient (Wildman–Crippen LogP) is 4.04. The van der Waals surface area contributed by atoms with Gasteiger partial charge >= 0.3 is 5.97 Å². The Morgan fingerprint density at radius 2 is 1.84 bits per heavy atom. The van der Waals surface area contributed by atoms with Gasteiger partial charge in [-0.3, -0.25) is 4.79 Å². The molecule has 0 saturated carbocycles. The molecule has 132 valence electrons. The molecule has 0 radical (unpaired) electrons. The molecule has 1 amide bonds. The van der Waals surface area contributed by atoms with Gasteiger partial charge in [0.15, 0.2) is 17.5 Å². The molecule has 1 aromatic heterocycles. The van der Waals surface area contributed by atoms with E-state index >= 15 is 0 Å². The average molecular weight is 403 g/mol. The highest BCUT2D eigenvalue weighted by Crippen LogP contribution is 2.34. The van der Waals surface area contributed by atoms with Crippen molar-refractivity contribution in [3.8, 4) is 0 Å². The molecular weight excluding hydrogens is 389 g/mol. The fraction of sp³-hybridized carbons (Fsp3) is 0.188. The average Bonchev–Trinajstić information content (AvgIpc) is 2.57. The van der Waals surface area contributed by atoms with E-state index in [1.54, 1.807) is 6.07 Å². The molecule has 1 aromatic carbocycles. The zero-order valence-corrected chi connectivity index (χ0v) is 15.6. The second-order valence-corrected chi connectivity index (χ2v) is 6.33. The van der Waals surface area contributed by atoms with Gasteiger partial charge in [-0.25, -0.2) is 9.78 Å². The normalized spacial score (nSPS) is 10.4. The molecule has 0 aliphatic heterocycles. The first-order valence-corrected chi connectivity index (χ1v) is 8.18. The number of aryl methyl sites for hydroxylation is 2. The predicted molar refractivity (Wildman–Crippen MR) is 98.5 cm³/mol. The standard InChI is InChI=1S/C16H14Cl3N3O3/c1-7-3-4-9(5-8(7)2)21-10(23)6-25-16(24)14-11(17)13(20)12(18)15(19)22-14/h3-5H,6H2,1-2H3,(H2,20,22)(H,21,23). The molecule has 0 unspecified atom stereocenters. The van der Waals surface area contributed by atoms with Crippen LogP contribution in [0.3, 0.4) is 0 Å². The Labute approximate surface area is 159 Å². The summed E-state index contributed by atoms with van der Waals surface area (Å²) in [7, 11) is 0. The summed E-state index contributed by atoms with van der Waals surface area (Å²) in [5, 5.41) is 2.19. The van der Waals surface area contributed by atoms with Crippen molar-refractivity contribution < 1.29 is 14.3 Å². The first-order chi connectivity index (χ1) is 11.7. The Hall–Kier alpha value is -2.02. The number of aromatic nitrogens is 1. The largest absolute Gasteiger partial charge is 0.451 e. The number of nitrogens with zero attached hydrogens (tertiary/aromatic N) is 1. The van der Waals surface area contributed by atoms with Gasteiger partial charge in [0.05, 0.1) is 10.7 Å². The molecule has 3 N–H and O–H groups in total. The number of nitrogens with one attached hydrogen (secondary N) is 1. The number of carbonyl (C=O) groups is 2. The Morgan fingerprint density at radius 1 is 1.16 bits per heavy atom. The molecule has 0 aliphatic carbocycles. The highest BCUT2D eigenvalue weighted by Gasteiger charge is 2.21. The van der Waals surface area contributed by atoms with Crippen molar-refractivity contribution >= 4 is 58.1 Å². The highest BCUT2D eigenvalue weighted by atomic mass is 35.5. The zero-order valence-electron chi connectivity index (χ0n) is 13.3. The minimum atomic E-state index is -0.939. The molecule has 9 heteroatoms. The highest BCUT2D eigenvalue weighted by molar-refractivity contribution is 6.46. The number of rotatable bonds is 4. The molecule has 2 rings (SSSR count). The number of carbonyl (C=O) groups excluding carboxylic acids is 2. The van der Waals surface area contributed by atoms with Crippen molar-refractivity contribution in [2.24, 2.45) is 0 Å². The third kappa shape index (κ3) is 4.54. The quantitative estimate of drug-likeness (QED) is 0.594. The van der Waals surface area contributed by atoms with Gasteiger partial charge in [-0.2, -0.15) is 0 Å². The number of pyridine rings is 1. The van der Waals surface area contributed by atoms with Gasteiger partial charge in [0.1, 0.15) is 5.02 Å². The molecule has 0 bridgehead atoms. The van der Waals surface area contributed by atoms with E-state index in [-0.39, 0.29) is 26.6 Å². The molecule has 0 saturated heterocycles. The van der Waals surface area contributed by atoms with Crippen LogP contribution in [0.5, 0.6) is 0 Å². The minimum absolute atomic E-state index is 0.0595. The van der Waals surface area contributed by atoms with Crippen LogP contribution in [0.4, 0.5) is 11.4 Å². The van der Waals surface area contributed by atoms with E-state index in [4.69, 9.17) is 45.3 Å². The smallest absolute Gasteiger partial charge is 0.359 e. The summed E-state index contributed by atoms with van der Waals surface area (Å²) in [5.74, 6) is -1.45. The molecule has 0 fully saturated rings. The van der Waals surface area contributed by atoms with E-state index in [1.165, 1.54) is 0 Å². The molecule has 1 heterocycles. The van der Waals surface area contributed by atoms with Crippen LogP contribution in [0.25, 0.3) is 0 Å². The van der Waals surface area contributed by atoms with Gasteiger partial charge in [0.2, 0.25) is 0 Å². The van der Waals surface area contributed by atoms with Gasteiger partial charge in [0.25, 0.3) is 5.91 Å². The van der Waals surface area contributed by atoms with E-state index in [2.05, 4.69) is 10.3 Å². The summed E-state index contributed by atoms with van der Waals surface area (Å²) in [6, 6.07) is 5.44. The van der Waals surface area contributed by atoms with Gasteiger partial charge in [-0.15, -0.1) is 0 Å². The number of benzene rings is 1. The second-order valence-electron chi connectivity index (χ2n) is 5.22. The van der Waals surface area contributed by atoms with Gasteiger partial charge < -0.3 is 15.8 Å². The Kier molecular flexibility index (Phi) is 6.11. The summed E-state index contributed by atoms with van der Waals surface area (Å²) >= 11 is 17.5. The third-order valence-corrected chi connectivity index (χ3v) is 4.53. The van der Waals surface area contributed by atoms with Crippen molar-refractivity contribution in [2.75, 3.05) is 17.7 Å². The molecular formula is C16H14Cl3N3O3. The number of esters is 1. The SMILES string of the molecule is Cc1ccc(NC(=O)COC(=O)c2nc(Cl)c(Cl)c(N)c2Cl)cc1C. The molecule has 0 spiro atoms.